The number of anilines is 1. The van der Waals surface area contributed by atoms with E-state index in [0.717, 1.165) is 0 Å². The molecule has 3 rings (SSSR count). The lowest BCUT2D eigenvalue weighted by atomic mass is 10.1. The summed E-state index contributed by atoms with van der Waals surface area (Å²) < 4.78 is 36.0. The molecule has 3 atom stereocenters. The maximum Gasteiger partial charge on any atom is 0.240 e. The zero-order chi connectivity index (χ0) is 22.6. The van der Waals surface area contributed by atoms with Crippen molar-refractivity contribution < 1.29 is 13.2 Å². The van der Waals surface area contributed by atoms with E-state index in [0.29, 0.717) is 28.7 Å². The number of hydrogen-bond donors (Lipinski definition) is 1. The second-order valence-corrected chi connectivity index (χ2v) is 9.43. The van der Waals surface area contributed by atoms with E-state index in [9.17, 15) is 8.42 Å². The Morgan fingerprint density at radius 2 is 1.90 bits per heavy atom. The van der Waals surface area contributed by atoms with Gasteiger partial charge in [-0.25, -0.2) is 18.4 Å². The molecule has 0 amide bonds. The van der Waals surface area contributed by atoms with Crippen molar-refractivity contribution in [2.24, 2.45) is 0 Å². The summed E-state index contributed by atoms with van der Waals surface area (Å²) >= 11 is 5.83. The van der Waals surface area contributed by atoms with E-state index in [4.69, 9.17) is 16.3 Å². The molecule has 0 radical (unpaired) electrons. The molecule has 1 unspecified atom stereocenters. The molecule has 0 aliphatic rings. The molecule has 12 heteroatoms. The summed E-state index contributed by atoms with van der Waals surface area (Å²) in [5.74, 6) is 0.390. The van der Waals surface area contributed by atoms with Gasteiger partial charge in [-0.15, -0.1) is 10.2 Å². The van der Waals surface area contributed by atoms with E-state index in [2.05, 4.69) is 29.9 Å². The fraction of sp³-hybridized carbons (Fsp3) is 0.421. The molecule has 10 nitrogen and oxygen atoms in total. The maximum atomic E-state index is 13.2. The number of nitrogens with one attached hydrogen (secondary N) is 1. The van der Waals surface area contributed by atoms with Crippen molar-refractivity contribution in [3.8, 4) is 11.4 Å². The zero-order valence-corrected chi connectivity index (χ0v) is 19.2. The first kappa shape index (κ1) is 23.0. The molecule has 3 aromatic rings. The molecule has 0 aliphatic carbocycles. The van der Waals surface area contributed by atoms with E-state index >= 15 is 0 Å². The number of rotatable bonds is 9. The largest absolute Gasteiger partial charge is 0.361 e. The third-order valence-electron chi connectivity index (χ3n) is 5.00. The van der Waals surface area contributed by atoms with Crippen LogP contribution in [0.25, 0.3) is 11.4 Å². The van der Waals surface area contributed by atoms with Crippen molar-refractivity contribution in [1.82, 2.24) is 29.7 Å². The predicted molar refractivity (Wildman–Crippen MR) is 117 cm³/mol. The molecule has 0 saturated carbocycles. The first-order valence-corrected chi connectivity index (χ1v) is 11.6. The molecular weight excluding hydrogens is 442 g/mol. The first-order valence-electron chi connectivity index (χ1n) is 9.65. The normalized spacial score (nSPS) is 14.7. The van der Waals surface area contributed by atoms with Gasteiger partial charge in [-0.2, -0.15) is 0 Å². The molecule has 0 fully saturated rings. The lowest BCUT2D eigenvalue weighted by Crippen LogP contribution is -2.32. The maximum absolute atomic E-state index is 13.2. The van der Waals surface area contributed by atoms with Gasteiger partial charge in [0.2, 0.25) is 16.0 Å². The minimum Gasteiger partial charge on any atom is -0.361 e. The van der Waals surface area contributed by atoms with Crippen molar-refractivity contribution >= 4 is 27.6 Å². The number of hydrogen-bond acceptors (Lipinski definition) is 8. The number of aromatic nitrogens is 6. The molecule has 3 heterocycles. The fourth-order valence-electron chi connectivity index (χ4n) is 3.04. The van der Waals surface area contributed by atoms with Crippen LogP contribution in [0.4, 0.5) is 5.95 Å². The van der Waals surface area contributed by atoms with Crippen LogP contribution >= 0.6 is 11.6 Å². The monoisotopic (exact) mass is 465 g/mol. The van der Waals surface area contributed by atoms with Gasteiger partial charge in [0.1, 0.15) is 12.1 Å². The third-order valence-corrected chi connectivity index (χ3v) is 7.05. The van der Waals surface area contributed by atoms with Gasteiger partial charge in [0.05, 0.1) is 10.3 Å². The predicted octanol–water partition coefficient (Wildman–Crippen LogP) is 3.27. The molecular formula is C19H24ClN7O3S. The summed E-state index contributed by atoms with van der Waals surface area (Å²) in [7, 11) is -2.33. The number of halogens is 1. The summed E-state index contributed by atoms with van der Waals surface area (Å²) in [6.45, 7) is 5.24. The number of sulfonamides is 1. The van der Waals surface area contributed by atoms with Crippen LogP contribution in [0.3, 0.4) is 0 Å². The van der Waals surface area contributed by atoms with Gasteiger partial charge in [0.15, 0.2) is 5.82 Å². The molecule has 0 aromatic carbocycles. The standard InChI is InChI=1S/C19H24ClN7O3S/c1-5-16(30-4)27-18(14-7-6-8-21-9-14)24-25-19(27)26-31(28,29)13(3)12(2)17-22-10-15(20)11-23-17/h6-13,16H,5H2,1-4H3,(H,25,26)/t12-,13-,16?/m0/s1. The summed E-state index contributed by atoms with van der Waals surface area (Å²) in [5, 5.41) is 7.80. The van der Waals surface area contributed by atoms with Gasteiger partial charge in [0.25, 0.3) is 0 Å². The van der Waals surface area contributed by atoms with Crippen molar-refractivity contribution in [1.29, 1.82) is 0 Å². The van der Waals surface area contributed by atoms with Gasteiger partial charge in [0, 0.05) is 43.4 Å². The average molecular weight is 466 g/mol. The van der Waals surface area contributed by atoms with Gasteiger partial charge in [-0.3, -0.25) is 14.3 Å². The molecule has 0 spiro atoms. The second kappa shape index (κ2) is 9.67. The smallest absolute Gasteiger partial charge is 0.240 e. The minimum absolute atomic E-state index is 0.0589. The second-order valence-electron chi connectivity index (χ2n) is 6.96. The molecule has 166 valence electrons. The highest BCUT2D eigenvalue weighted by atomic mass is 35.5. The minimum atomic E-state index is -3.87. The highest BCUT2D eigenvalue weighted by molar-refractivity contribution is 7.93. The van der Waals surface area contributed by atoms with E-state index in [-0.39, 0.29) is 5.95 Å². The van der Waals surface area contributed by atoms with Crippen molar-refractivity contribution in [2.45, 2.75) is 44.6 Å². The molecule has 31 heavy (non-hydrogen) atoms. The van der Waals surface area contributed by atoms with Crippen LogP contribution in [0.1, 0.15) is 45.2 Å². The SMILES string of the molecule is CCC(OC)n1c(NS(=O)(=O)[C@@H](C)[C@H](C)c2ncc(Cl)cn2)nnc1-c1cccnc1. The summed E-state index contributed by atoms with van der Waals surface area (Å²) in [6, 6.07) is 3.58. The summed E-state index contributed by atoms with van der Waals surface area (Å²) in [6.07, 6.45) is 6.24. The lowest BCUT2D eigenvalue weighted by molar-refractivity contribution is 0.0438. The van der Waals surface area contributed by atoms with Crippen molar-refractivity contribution in [2.75, 3.05) is 11.8 Å². The highest BCUT2D eigenvalue weighted by Crippen LogP contribution is 2.29. The van der Waals surface area contributed by atoms with Gasteiger partial charge >= 0.3 is 0 Å². The molecule has 1 N–H and O–H groups in total. The number of nitrogens with zero attached hydrogens (tertiary/aromatic N) is 6. The van der Waals surface area contributed by atoms with E-state index in [1.807, 2.05) is 13.0 Å². The molecule has 0 bridgehead atoms. The Morgan fingerprint density at radius 1 is 1.19 bits per heavy atom. The Hall–Kier alpha value is -2.63. The number of methoxy groups -OCH3 is 1. The Labute approximate surface area is 186 Å². The average Bonchev–Trinajstić information content (AvgIpc) is 3.17. The fourth-order valence-corrected chi connectivity index (χ4v) is 4.37. The topological polar surface area (TPSA) is 125 Å². The van der Waals surface area contributed by atoms with Crippen LogP contribution in [0.5, 0.6) is 0 Å². The van der Waals surface area contributed by atoms with Crippen molar-refractivity contribution in [3.63, 3.8) is 0 Å². The van der Waals surface area contributed by atoms with E-state index in [1.165, 1.54) is 12.4 Å². The van der Waals surface area contributed by atoms with Gasteiger partial charge < -0.3 is 4.74 Å². The Balaban J connectivity index is 1.95. The Kier molecular flexibility index (Phi) is 7.19. The third kappa shape index (κ3) is 5.00. The van der Waals surface area contributed by atoms with E-state index in [1.54, 1.807) is 44.0 Å². The van der Waals surface area contributed by atoms with Crippen LogP contribution in [0, 0.1) is 0 Å². The van der Waals surface area contributed by atoms with Crippen LogP contribution in [-0.2, 0) is 14.8 Å². The van der Waals surface area contributed by atoms with Crippen molar-refractivity contribution in [3.05, 3.63) is 47.8 Å². The van der Waals surface area contributed by atoms with E-state index < -0.39 is 27.4 Å². The highest BCUT2D eigenvalue weighted by Gasteiger charge is 2.32. The number of ether oxygens (including phenoxy) is 1. The quantitative estimate of drug-likeness (QED) is 0.510. The van der Waals surface area contributed by atoms with Crippen LogP contribution in [0.2, 0.25) is 5.02 Å². The zero-order valence-electron chi connectivity index (χ0n) is 17.6. The summed E-state index contributed by atoms with van der Waals surface area (Å²) in [4.78, 5) is 12.4. The molecule has 3 aromatic heterocycles. The molecule has 0 saturated heterocycles. The Bertz CT molecular complexity index is 1100. The first-order chi connectivity index (χ1) is 14.8. The summed E-state index contributed by atoms with van der Waals surface area (Å²) in [5.41, 5.74) is 0.687. The number of pyridine rings is 1. The van der Waals surface area contributed by atoms with Gasteiger partial charge in [-0.05, 0) is 25.5 Å². The molecule has 0 aliphatic heterocycles. The lowest BCUT2D eigenvalue weighted by Gasteiger charge is -2.22. The van der Waals surface area contributed by atoms with Crippen LogP contribution in [-0.4, -0.2) is 50.5 Å². The van der Waals surface area contributed by atoms with Crippen LogP contribution < -0.4 is 4.72 Å². The van der Waals surface area contributed by atoms with Gasteiger partial charge in [-0.1, -0.05) is 25.4 Å². The Morgan fingerprint density at radius 3 is 2.48 bits per heavy atom. The van der Waals surface area contributed by atoms with Crippen LogP contribution in [0.15, 0.2) is 36.9 Å².